The number of rotatable bonds is 4. The van der Waals surface area contributed by atoms with E-state index in [2.05, 4.69) is 44.6 Å². The summed E-state index contributed by atoms with van der Waals surface area (Å²) in [6.45, 7) is 5.18. The first-order valence-corrected chi connectivity index (χ1v) is 5.33. The Morgan fingerprint density at radius 2 is 2.19 bits per heavy atom. The molecule has 3 N–H and O–H groups in total. The second kappa shape index (κ2) is 4.34. The van der Waals surface area contributed by atoms with Gasteiger partial charge >= 0.3 is 0 Å². The van der Waals surface area contributed by atoms with E-state index in [0.29, 0.717) is 11.9 Å². The van der Waals surface area contributed by atoms with Crippen LogP contribution < -0.4 is 10.6 Å². The van der Waals surface area contributed by atoms with Gasteiger partial charge in [-0.05, 0) is 5.92 Å². The fraction of sp³-hybridized carbons (Fsp3) is 0.500. The van der Waals surface area contributed by atoms with Gasteiger partial charge in [0.05, 0.1) is 11.6 Å². The summed E-state index contributed by atoms with van der Waals surface area (Å²) in [5.41, 5.74) is 0.741. The van der Waals surface area contributed by atoms with Gasteiger partial charge in [0.15, 0.2) is 5.65 Å². The van der Waals surface area contributed by atoms with Crippen molar-refractivity contribution in [2.45, 2.75) is 13.8 Å². The van der Waals surface area contributed by atoms with Crippen molar-refractivity contribution in [3.8, 4) is 0 Å². The SMILES string of the molecule is CNc1nc(NCC(C)C)c2cn[nH]c2n1. The lowest BCUT2D eigenvalue weighted by Gasteiger charge is -2.09. The standard InChI is InChI=1S/C10H16N6/c1-6(2)4-12-8-7-5-13-16-9(7)15-10(11-3)14-8/h5-6H,4H2,1-3H3,(H3,11,12,13,14,15,16). The first-order valence-electron chi connectivity index (χ1n) is 5.33. The van der Waals surface area contributed by atoms with Crippen molar-refractivity contribution in [3.05, 3.63) is 6.20 Å². The Bertz CT molecular complexity index is 475. The second-order valence-corrected chi connectivity index (χ2v) is 4.05. The van der Waals surface area contributed by atoms with E-state index in [4.69, 9.17) is 0 Å². The molecule has 0 aliphatic heterocycles. The van der Waals surface area contributed by atoms with Crippen LogP contribution in [0.25, 0.3) is 11.0 Å². The fourth-order valence-electron chi connectivity index (χ4n) is 1.38. The maximum Gasteiger partial charge on any atom is 0.226 e. The zero-order chi connectivity index (χ0) is 11.5. The number of hydrogen-bond acceptors (Lipinski definition) is 5. The van der Waals surface area contributed by atoms with Gasteiger partial charge in [-0.25, -0.2) is 0 Å². The third-order valence-corrected chi connectivity index (χ3v) is 2.21. The normalized spacial score (nSPS) is 11.0. The van der Waals surface area contributed by atoms with Gasteiger partial charge < -0.3 is 10.6 Å². The van der Waals surface area contributed by atoms with E-state index in [-0.39, 0.29) is 0 Å². The molecule has 0 amide bonds. The third-order valence-electron chi connectivity index (χ3n) is 2.21. The van der Waals surface area contributed by atoms with Crippen molar-refractivity contribution in [2.24, 2.45) is 5.92 Å². The van der Waals surface area contributed by atoms with Crippen molar-refractivity contribution in [1.29, 1.82) is 0 Å². The molecular formula is C10H16N6. The summed E-state index contributed by atoms with van der Waals surface area (Å²) in [5, 5.41) is 14.0. The summed E-state index contributed by atoms with van der Waals surface area (Å²) in [5.74, 6) is 1.97. The summed E-state index contributed by atoms with van der Waals surface area (Å²) >= 11 is 0. The molecule has 0 unspecified atom stereocenters. The maximum absolute atomic E-state index is 4.37. The summed E-state index contributed by atoms with van der Waals surface area (Å²) in [6, 6.07) is 0. The van der Waals surface area contributed by atoms with Crippen LogP contribution in [0.5, 0.6) is 0 Å². The third kappa shape index (κ3) is 2.05. The smallest absolute Gasteiger partial charge is 0.226 e. The molecule has 0 atom stereocenters. The number of hydrogen-bond donors (Lipinski definition) is 3. The van der Waals surface area contributed by atoms with Crippen molar-refractivity contribution >= 4 is 22.8 Å². The predicted molar refractivity (Wildman–Crippen MR) is 64.6 cm³/mol. The molecule has 0 spiro atoms. The lowest BCUT2D eigenvalue weighted by Crippen LogP contribution is -2.10. The summed E-state index contributed by atoms with van der Waals surface area (Å²) < 4.78 is 0. The van der Waals surface area contributed by atoms with Crippen LogP contribution in [0.2, 0.25) is 0 Å². The van der Waals surface area contributed by atoms with Crippen molar-refractivity contribution in [3.63, 3.8) is 0 Å². The Labute approximate surface area is 93.9 Å². The van der Waals surface area contributed by atoms with Gasteiger partial charge in [0.1, 0.15) is 5.82 Å². The minimum atomic E-state index is 0.565. The van der Waals surface area contributed by atoms with E-state index in [9.17, 15) is 0 Å². The molecular weight excluding hydrogens is 204 g/mol. The molecule has 2 aromatic rings. The summed E-state index contributed by atoms with van der Waals surface area (Å²) in [6.07, 6.45) is 1.73. The molecule has 0 fully saturated rings. The lowest BCUT2D eigenvalue weighted by molar-refractivity contribution is 0.687. The summed E-state index contributed by atoms with van der Waals surface area (Å²) in [7, 11) is 1.80. The topological polar surface area (TPSA) is 78.5 Å². The van der Waals surface area contributed by atoms with E-state index >= 15 is 0 Å². The van der Waals surface area contributed by atoms with Crippen LogP contribution in [-0.4, -0.2) is 33.8 Å². The molecule has 0 bridgehead atoms. The minimum absolute atomic E-state index is 0.565. The Morgan fingerprint density at radius 1 is 1.38 bits per heavy atom. The minimum Gasteiger partial charge on any atom is -0.369 e. The number of nitrogens with zero attached hydrogens (tertiary/aromatic N) is 3. The van der Waals surface area contributed by atoms with Gasteiger partial charge in [-0.1, -0.05) is 13.8 Å². The molecule has 6 nitrogen and oxygen atoms in total. The van der Waals surface area contributed by atoms with Crippen LogP contribution in [0.4, 0.5) is 11.8 Å². The van der Waals surface area contributed by atoms with Gasteiger partial charge in [0, 0.05) is 13.6 Å². The van der Waals surface area contributed by atoms with E-state index in [0.717, 1.165) is 23.4 Å². The van der Waals surface area contributed by atoms with Gasteiger partial charge in [-0.2, -0.15) is 15.1 Å². The molecule has 86 valence electrons. The van der Waals surface area contributed by atoms with Crippen molar-refractivity contribution in [1.82, 2.24) is 20.2 Å². The molecule has 16 heavy (non-hydrogen) atoms. The van der Waals surface area contributed by atoms with Crippen LogP contribution in [0, 0.1) is 5.92 Å². The number of aromatic amines is 1. The zero-order valence-electron chi connectivity index (χ0n) is 9.70. The highest BCUT2D eigenvalue weighted by molar-refractivity contribution is 5.86. The number of aromatic nitrogens is 4. The number of nitrogens with one attached hydrogen (secondary N) is 3. The predicted octanol–water partition coefficient (Wildman–Crippen LogP) is 1.46. The molecule has 0 saturated carbocycles. The van der Waals surface area contributed by atoms with Gasteiger partial charge in [-0.3, -0.25) is 5.10 Å². The molecule has 0 radical (unpaired) electrons. The second-order valence-electron chi connectivity index (χ2n) is 4.05. The Kier molecular flexibility index (Phi) is 2.89. The average Bonchev–Trinajstić information content (AvgIpc) is 2.73. The number of H-pyrrole nitrogens is 1. The number of fused-ring (bicyclic) bond motifs is 1. The van der Waals surface area contributed by atoms with Gasteiger partial charge in [0.25, 0.3) is 0 Å². The monoisotopic (exact) mass is 220 g/mol. The first-order chi connectivity index (χ1) is 7.70. The highest BCUT2D eigenvalue weighted by Gasteiger charge is 2.08. The summed E-state index contributed by atoms with van der Waals surface area (Å²) in [4.78, 5) is 8.63. The largest absolute Gasteiger partial charge is 0.369 e. The molecule has 2 aromatic heterocycles. The fourth-order valence-corrected chi connectivity index (χ4v) is 1.38. The Balaban J connectivity index is 2.36. The molecule has 2 rings (SSSR count). The molecule has 0 saturated heterocycles. The van der Waals surface area contributed by atoms with E-state index in [1.807, 2.05) is 0 Å². The van der Waals surface area contributed by atoms with Gasteiger partial charge in [0.2, 0.25) is 5.95 Å². The molecule has 2 heterocycles. The maximum atomic E-state index is 4.37. The van der Waals surface area contributed by atoms with Gasteiger partial charge in [-0.15, -0.1) is 0 Å². The quantitative estimate of drug-likeness (QED) is 0.727. The van der Waals surface area contributed by atoms with Crippen LogP contribution >= 0.6 is 0 Å². The Hall–Kier alpha value is -1.85. The molecule has 0 aliphatic carbocycles. The molecule has 0 aromatic carbocycles. The van der Waals surface area contributed by atoms with Crippen LogP contribution in [0.1, 0.15) is 13.8 Å². The van der Waals surface area contributed by atoms with Crippen LogP contribution in [0.3, 0.4) is 0 Å². The zero-order valence-corrected chi connectivity index (χ0v) is 9.70. The number of anilines is 2. The first kappa shape index (κ1) is 10.7. The highest BCUT2D eigenvalue weighted by Crippen LogP contribution is 2.19. The lowest BCUT2D eigenvalue weighted by atomic mass is 10.2. The molecule has 6 heteroatoms. The van der Waals surface area contributed by atoms with Crippen molar-refractivity contribution in [2.75, 3.05) is 24.2 Å². The van der Waals surface area contributed by atoms with Crippen LogP contribution in [-0.2, 0) is 0 Å². The van der Waals surface area contributed by atoms with Crippen LogP contribution in [0.15, 0.2) is 6.20 Å². The molecule has 0 aliphatic rings. The van der Waals surface area contributed by atoms with E-state index in [1.165, 1.54) is 0 Å². The Morgan fingerprint density at radius 3 is 2.88 bits per heavy atom. The van der Waals surface area contributed by atoms with E-state index in [1.54, 1.807) is 13.2 Å². The van der Waals surface area contributed by atoms with Crippen molar-refractivity contribution < 1.29 is 0 Å². The highest BCUT2D eigenvalue weighted by atomic mass is 15.2. The average molecular weight is 220 g/mol. The van der Waals surface area contributed by atoms with E-state index < -0.39 is 0 Å².